The Bertz CT molecular complexity index is 822. The second kappa shape index (κ2) is 8.71. The Hall–Kier alpha value is -1.82. The minimum atomic E-state index is -0.398. The van der Waals surface area contributed by atoms with Crippen molar-refractivity contribution in [2.24, 2.45) is 0 Å². The lowest BCUT2D eigenvalue weighted by Crippen LogP contribution is -2.35. The summed E-state index contributed by atoms with van der Waals surface area (Å²) in [5, 5.41) is 6.54. The van der Waals surface area contributed by atoms with E-state index >= 15 is 0 Å². The van der Waals surface area contributed by atoms with Gasteiger partial charge in [-0.3, -0.25) is 10.1 Å². The number of nitrogens with zero attached hydrogens (tertiary/aromatic N) is 1. The number of halogens is 2. The first-order valence-electron chi connectivity index (χ1n) is 8.46. The van der Waals surface area contributed by atoms with Gasteiger partial charge in [0, 0.05) is 13.1 Å². The van der Waals surface area contributed by atoms with Crippen molar-refractivity contribution in [3.8, 4) is 0 Å². The number of thiocarbonyl (C=S) groups is 1. The van der Waals surface area contributed by atoms with Gasteiger partial charge in [-0.1, -0.05) is 41.4 Å². The topological polar surface area (TPSA) is 44.4 Å². The van der Waals surface area contributed by atoms with E-state index in [1.165, 1.54) is 19.3 Å². The fourth-order valence-electron chi connectivity index (χ4n) is 2.99. The standard InChI is InChI=1S/C19H19Cl2N3OS/c20-14-8-6-7-13(17(14)21)18(25)23-19(26)22-15-9-2-3-10-16(15)24-11-4-1-5-12-24/h2-3,6-10H,1,4-5,11-12H2,(H2,22,23,25,26). The SMILES string of the molecule is O=C(NC(=S)Nc1ccccc1N1CCCCC1)c1cccc(Cl)c1Cl. The molecule has 0 unspecified atom stereocenters. The van der Waals surface area contributed by atoms with E-state index in [9.17, 15) is 4.79 Å². The Kier molecular flexibility index (Phi) is 6.35. The highest BCUT2D eigenvalue weighted by molar-refractivity contribution is 7.80. The van der Waals surface area contributed by atoms with Gasteiger partial charge in [0.1, 0.15) is 0 Å². The second-order valence-corrected chi connectivity index (χ2v) is 7.27. The zero-order chi connectivity index (χ0) is 18.5. The largest absolute Gasteiger partial charge is 0.370 e. The highest BCUT2D eigenvalue weighted by Gasteiger charge is 2.17. The number of nitrogens with one attached hydrogen (secondary N) is 2. The van der Waals surface area contributed by atoms with Crippen LogP contribution in [0.3, 0.4) is 0 Å². The number of hydrogen-bond donors (Lipinski definition) is 2. The highest BCUT2D eigenvalue weighted by atomic mass is 35.5. The van der Waals surface area contributed by atoms with E-state index in [1.54, 1.807) is 18.2 Å². The molecule has 1 amide bonds. The van der Waals surface area contributed by atoms with Crippen LogP contribution >= 0.6 is 35.4 Å². The van der Waals surface area contributed by atoms with Crippen LogP contribution in [0.2, 0.25) is 10.0 Å². The normalized spacial score (nSPS) is 14.0. The zero-order valence-corrected chi connectivity index (χ0v) is 16.4. The molecule has 2 aromatic rings. The molecule has 0 spiro atoms. The quantitative estimate of drug-likeness (QED) is 0.693. The van der Waals surface area contributed by atoms with Crippen LogP contribution in [0.1, 0.15) is 29.6 Å². The minimum Gasteiger partial charge on any atom is -0.370 e. The number of para-hydroxylation sites is 2. The van der Waals surface area contributed by atoms with E-state index in [1.807, 2.05) is 18.2 Å². The lowest BCUT2D eigenvalue weighted by Gasteiger charge is -2.30. The molecular formula is C19H19Cl2N3OS. The van der Waals surface area contributed by atoms with Crippen molar-refractivity contribution in [1.82, 2.24) is 5.32 Å². The van der Waals surface area contributed by atoms with E-state index in [-0.39, 0.29) is 15.7 Å². The molecule has 0 saturated carbocycles. The van der Waals surface area contributed by atoms with Crippen LogP contribution in [0.25, 0.3) is 0 Å². The minimum absolute atomic E-state index is 0.211. The van der Waals surface area contributed by atoms with Gasteiger partial charge in [0.25, 0.3) is 5.91 Å². The van der Waals surface area contributed by atoms with Crippen molar-refractivity contribution in [3.63, 3.8) is 0 Å². The number of carbonyl (C=O) groups excluding carboxylic acids is 1. The van der Waals surface area contributed by atoms with Gasteiger partial charge in [-0.15, -0.1) is 0 Å². The molecule has 26 heavy (non-hydrogen) atoms. The molecule has 0 aromatic heterocycles. The number of benzene rings is 2. The Morgan fingerprint density at radius 1 is 1.00 bits per heavy atom. The van der Waals surface area contributed by atoms with Crippen molar-refractivity contribution in [1.29, 1.82) is 0 Å². The Balaban J connectivity index is 1.70. The maximum absolute atomic E-state index is 12.4. The average molecular weight is 408 g/mol. The number of carbonyl (C=O) groups is 1. The van der Waals surface area contributed by atoms with Crippen molar-refractivity contribution in [3.05, 3.63) is 58.1 Å². The molecule has 0 aliphatic carbocycles. The maximum Gasteiger partial charge on any atom is 0.258 e. The Morgan fingerprint density at radius 3 is 2.50 bits per heavy atom. The fraction of sp³-hybridized carbons (Fsp3) is 0.263. The molecular weight excluding hydrogens is 389 g/mol. The van der Waals surface area contributed by atoms with Crippen LogP contribution in [0, 0.1) is 0 Å². The maximum atomic E-state index is 12.4. The third kappa shape index (κ3) is 4.47. The van der Waals surface area contributed by atoms with Crippen LogP contribution in [0.4, 0.5) is 11.4 Å². The Morgan fingerprint density at radius 2 is 1.73 bits per heavy atom. The summed E-state index contributed by atoms with van der Waals surface area (Å²) in [7, 11) is 0. The average Bonchev–Trinajstić information content (AvgIpc) is 2.65. The Labute approximate surface area is 168 Å². The molecule has 1 heterocycles. The summed E-state index contributed by atoms with van der Waals surface area (Å²) in [6.45, 7) is 2.05. The molecule has 2 aromatic carbocycles. The first-order valence-corrected chi connectivity index (χ1v) is 9.63. The summed E-state index contributed by atoms with van der Waals surface area (Å²) < 4.78 is 0. The van der Waals surface area contributed by atoms with Crippen molar-refractivity contribution >= 4 is 57.8 Å². The molecule has 3 rings (SSSR count). The lowest BCUT2D eigenvalue weighted by atomic mass is 10.1. The van der Waals surface area contributed by atoms with Crippen LogP contribution in [-0.4, -0.2) is 24.1 Å². The van der Waals surface area contributed by atoms with Crippen LogP contribution < -0.4 is 15.5 Å². The van der Waals surface area contributed by atoms with Crippen molar-refractivity contribution < 1.29 is 4.79 Å². The number of rotatable bonds is 3. The summed E-state index contributed by atoms with van der Waals surface area (Å²) in [4.78, 5) is 14.8. The van der Waals surface area contributed by atoms with E-state index in [0.29, 0.717) is 5.02 Å². The van der Waals surface area contributed by atoms with Gasteiger partial charge >= 0.3 is 0 Å². The van der Waals surface area contributed by atoms with Gasteiger partial charge in [0.05, 0.1) is 27.0 Å². The third-order valence-corrected chi connectivity index (χ3v) is 5.30. The van der Waals surface area contributed by atoms with E-state index in [2.05, 4.69) is 21.6 Å². The van der Waals surface area contributed by atoms with Crippen LogP contribution in [-0.2, 0) is 0 Å². The summed E-state index contributed by atoms with van der Waals surface area (Å²) in [5.74, 6) is -0.398. The molecule has 4 nitrogen and oxygen atoms in total. The number of anilines is 2. The monoisotopic (exact) mass is 407 g/mol. The van der Waals surface area contributed by atoms with Crippen molar-refractivity contribution in [2.45, 2.75) is 19.3 Å². The zero-order valence-electron chi connectivity index (χ0n) is 14.1. The molecule has 1 saturated heterocycles. The number of piperidine rings is 1. The molecule has 2 N–H and O–H groups in total. The fourth-order valence-corrected chi connectivity index (χ4v) is 3.58. The highest BCUT2D eigenvalue weighted by Crippen LogP contribution is 2.28. The van der Waals surface area contributed by atoms with Gasteiger partial charge in [-0.05, 0) is 55.7 Å². The summed E-state index contributed by atoms with van der Waals surface area (Å²) in [6.07, 6.45) is 3.63. The molecule has 0 radical (unpaired) electrons. The smallest absolute Gasteiger partial charge is 0.258 e. The van der Waals surface area contributed by atoms with Gasteiger partial charge in [0.2, 0.25) is 0 Å². The van der Waals surface area contributed by atoms with Crippen LogP contribution in [0.15, 0.2) is 42.5 Å². The summed E-state index contributed by atoms with van der Waals surface area (Å²) >= 11 is 17.4. The first kappa shape index (κ1) is 19.0. The predicted molar refractivity (Wildman–Crippen MR) is 113 cm³/mol. The third-order valence-electron chi connectivity index (χ3n) is 4.27. The lowest BCUT2D eigenvalue weighted by molar-refractivity contribution is 0.0978. The molecule has 0 bridgehead atoms. The van der Waals surface area contributed by atoms with E-state index in [4.69, 9.17) is 35.4 Å². The van der Waals surface area contributed by atoms with Crippen molar-refractivity contribution in [2.75, 3.05) is 23.3 Å². The van der Waals surface area contributed by atoms with E-state index in [0.717, 1.165) is 24.5 Å². The summed E-state index contributed by atoms with van der Waals surface area (Å²) in [5.41, 5.74) is 2.24. The first-order chi connectivity index (χ1) is 12.6. The number of hydrogen-bond acceptors (Lipinski definition) is 3. The molecule has 0 atom stereocenters. The van der Waals surface area contributed by atoms with E-state index < -0.39 is 5.91 Å². The second-order valence-electron chi connectivity index (χ2n) is 6.07. The molecule has 1 fully saturated rings. The number of amides is 1. The molecule has 136 valence electrons. The molecule has 1 aliphatic heterocycles. The van der Waals surface area contributed by atoms with Crippen LogP contribution in [0.5, 0.6) is 0 Å². The van der Waals surface area contributed by atoms with Gasteiger partial charge in [0.15, 0.2) is 5.11 Å². The van der Waals surface area contributed by atoms with Gasteiger partial charge in [-0.25, -0.2) is 0 Å². The van der Waals surface area contributed by atoms with Gasteiger partial charge < -0.3 is 10.2 Å². The molecule has 1 aliphatic rings. The molecule has 7 heteroatoms. The van der Waals surface area contributed by atoms with Gasteiger partial charge in [-0.2, -0.15) is 0 Å². The summed E-state index contributed by atoms with van der Waals surface area (Å²) in [6, 6.07) is 12.9. The predicted octanol–water partition coefficient (Wildman–Crippen LogP) is 5.11.